The maximum Gasteiger partial charge on any atom is 0.290 e. The van der Waals surface area contributed by atoms with Gasteiger partial charge in [-0.2, -0.15) is 0 Å². The largest absolute Gasteiger partial charge is 0.370 e. The molecule has 2 rings (SSSR count). The molecule has 0 radical (unpaired) electrons. The predicted molar refractivity (Wildman–Crippen MR) is 78.9 cm³/mol. The van der Waals surface area contributed by atoms with Crippen molar-refractivity contribution in [3.05, 3.63) is 27.9 Å². The van der Waals surface area contributed by atoms with Gasteiger partial charge < -0.3 is 10.2 Å². The maximum absolute atomic E-state index is 10.7. The zero-order chi connectivity index (χ0) is 14.7. The Morgan fingerprint density at radius 3 is 2.90 bits per heavy atom. The van der Waals surface area contributed by atoms with Crippen LogP contribution in [0.4, 0.5) is 11.5 Å². The summed E-state index contributed by atoms with van der Waals surface area (Å²) in [6.45, 7) is 9.30. The standard InChI is InChI=1S/C14H22N4O2/c1-10(2)17-5-4-12(9-17)7-15-14-6-11(3)13(8-16-14)18(19)20/h6,8,10,12H,4-5,7,9H2,1-3H3,(H,15,16). The molecule has 1 atom stereocenters. The molecule has 1 aliphatic rings. The Bertz CT molecular complexity index is 490. The van der Waals surface area contributed by atoms with Crippen LogP contribution in [0.3, 0.4) is 0 Å². The van der Waals surface area contributed by atoms with E-state index in [1.54, 1.807) is 13.0 Å². The highest BCUT2D eigenvalue weighted by atomic mass is 16.6. The molecule has 0 aliphatic carbocycles. The van der Waals surface area contributed by atoms with E-state index in [0.29, 0.717) is 17.5 Å². The van der Waals surface area contributed by atoms with Gasteiger partial charge in [0.05, 0.1) is 4.92 Å². The molecule has 0 saturated carbocycles. The summed E-state index contributed by atoms with van der Waals surface area (Å²) in [5, 5.41) is 14.0. The Balaban J connectivity index is 1.89. The van der Waals surface area contributed by atoms with E-state index in [1.807, 2.05) is 0 Å². The molecule has 0 spiro atoms. The van der Waals surface area contributed by atoms with Crippen LogP contribution >= 0.6 is 0 Å². The number of nitrogens with zero attached hydrogens (tertiary/aromatic N) is 3. The Morgan fingerprint density at radius 1 is 1.60 bits per heavy atom. The Hall–Kier alpha value is -1.69. The van der Waals surface area contributed by atoms with Crippen molar-refractivity contribution < 1.29 is 4.92 Å². The van der Waals surface area contributed by atoms with Crippen LogP contribution in [0.25, 0.3) is 0 Å². The first kappa shape index (κ1) is 14.7. The van der Waals surface area contributed by atoms with Crippen LogP contribution in [0.15, 0.2) is 12.3 Å². The number of aromatic nitrogens is 1. The fraction of sp³-hybridized carbons (Fsp3) is 0.643. The third kappa shape index (κ3) is 3.45. The van der Waals surface area contributed by atoms with Crippen LogP contribution in [0.5, 0.6) is 0 Å². The quantitative estimate of drug-likeness (QED) is 0.661. The Labute approximate surface area is 119 Å². The van der Waals surface area contributed by atoms with Crippen molar-refractivity contribution in [2.45, 2.75) is 33.2 Å². The molecule has 1 fully saturated rings. The van der Waals surface area contributed by atoms with Crippen LogP contribution in [0.1, 0.15) is 25.8 Å². The SMILES string of the molecule is Cc1cc(NCC2CCN(C(C)C)C2)ncc1[N+](=O)[O-]. The van der Waals surface area contributed by atoms with Gasteiger partial charge in [-0.15, -0.1) is 0 Å². The van der Waals surface area contributed by atoms with Crippen molar-refractivity contribution in [2.75, 3.05) is 25.0 Å². The van der Waals surface area contributed by atoms with E-state index in [9.17, 15) is 10.1 Å². The van der Waals surface area contributed by atoms with Crippen LogP contribution in [-0.2, 0) is 0 Å². The number of hydrogen-bond donors (Lipinski definition) is 1. The van der Waals surface area contributed by atoms with Crippen LogP contribution in [0, 0.1) is 23.0 Å². The van der Waals surface area contributed by atoms with Crippen molar-refractivity contribution in [1.29, 1.82) is 0 Å². The number of nitro groups is 1. The molecule has 1 saturated heterocycles. The minimum Gasteiger partial charge on any atom is -0.370 e. The van der Waals surface area contributed by atoms with E-state index in [2.05, 4.69) is 29.0 Å². The summed E-state index contributed by atoms with van der Waals surface area (Å²) in [6.07, 6.45) is 2.52. The number of likely N-dealkylation sites (tertiary alicyclic amines) is 1. The highest BCUT2D eigenvalue weighted by Gasteiger charge is 2.24. The fourth-order valence-corrected chi connectivity index (χ4v) is 2.58. The maximum atomic E-state index is 10.7. The molecule has 1 aromatic heterocycles. The monoisotopic (exact) mass is 278 g/mol. The summed E-state index contributed by atoms with van der Waals surface area (Å²) < 4.78 is 0. The molecule has 0 bridgehead atoms. The molecule has 6 nitrogen and oxygen atoms in total. The molecule has 1 aliphatic heterocycles. The van der Waals surface area contributed by atoms with Crippen molar-refractivity contribution >= 4 is 11.5 Å². The molecular formula is C14H22N4O2. The topological polar surface area (TPSA) is 71.3 Å². The minimum absolute atomic E-state index is 0.0717. The molecular weight excluding hydrogens is 256 g/mol. The number of hydrogen-bond acceptors (Lipinski definition) is 5. The smallest absolute Gasteiger partial charge is 0.290 e. The molecule has 0 amide bonds. The van der Waals surface area contributed by atoms with Gasteiger partial charge in [-0.3, -0.25) is 10.1 Å². The molecule has 1 N–H and O–H groups in total. The van der Waals surface area contributed by atoms with Gasteiger partial charge in [0.15, 0.2) is 0 Å². The predicted octanol–water partition coefficient (Wildman–Crippen LogP) is 2.44. The molecule has 110 valence electrons. The number of pyridine rings is 1. The summed E-state index contributed by atoms with van der Waals surface area (Å²) in [5.74, 6) is 1.34. The van der Waals surface area contributed by atoms with Crippen molar-refractivity contribution in [3.63, 3.8) is 0 Å². The first-order valence-electron chi connectivity index (χ1n) is 7.06. The van der Waals surface area contributed by atoms with Crippen molar-refractivity contribution in [2.24, 2.45) is 5.92 Å². The van der Waals surface area contributed by atoms with Gasteiger partial charge in [0.2, 0.25) is 0 Å². The lowest BCUT2D eigenvalue weighted by atomic mass is 10.1. The molecule has 2 heterocycles. The van der Waals surface area contributed by atoms with Gasteiger partial charge in [0.1, 0.15) is 12.0 Å². The number of rotatable bonds is 5. The lowest BCUT2D eigenvalue weighted by Crippen LogP contribution is -2.29. The molecule has 20 heavy (non-hydrogen) atoms. The number of anilines is 1. The van der Waals surface area contributed by atoms with Gasteiger partial charge in [-0.1, -0.05) is 0 Å². The molecule has 0 aromatic carbocycles. The fourth-order valence-electron chi connectivity index (χ4n) is 2.58. The Morgan fingerprint density at radius 2 is 2.35 bits per heavy atom. The summed E-state index contributed by atoms with van der Waals surface area (Å²) in [7, 11) is 0. The highest BCUT2D eigenvalue weighted by molar-refractivity contribution is 5.46. The molecule has 1 aromatic rings. The van der Waals surface area contributed by atoms with Gasteiger partial charge in [0, 0.05) is 24.7 Å². The Kier molecular flexibility index (Phi) is 4.54. The molecule has 1 unspecified atom stereocenters. The van der Waals surface area contributed by atoms with E-state index >= 15 is 0 Å². The summed E-state index contributed by atoms with van der Waals surface area (Å²) in [4.78, 5) is 16.9. The zero-order valence-corrected chi connectivity index (χ0v) is 12.3. The second kappa shape index (κ2) is 6.17. The van der Waals surface area contributed by atoms with E-state index in [-0.39, 0.29) is 5.69 Å². The lowest BCUT2D eigenvalue weighted by Gasteiger charge is -2.20. The summed E-state index contributed by atoms with van der Waals surface area (Å²) in [6, 6.07) is 2.34. The van der Waals surface area contributed by atoms with Crippen LogP contribution in [0.2, 0.25) is 0 Å². The zero-order valence-electron chi connectivity index (χ0n) is 12.3. The summed E-state index contributed by atoms with van der Waals surface area (Å²) >= 11 is 0. The normalized spacial score (nSPS) is 19.5. The number of aryl methyl sites for hydroxylation is 1. The highest BCUT2D eigenvalue weighted by Crippen LogP contribution is 2.21. The third-order valence-electron chi connectivity index (χ3n) is 3.90. The van der Waals surface area contributed by atoms with E-state index in [1.165, 1.54) is 12.6 Å². The van der Waals surface area contributed by atoms with Gasteiger partial charge in [-0.05, 0) is 45.7 Å². The summed E-state index contributed by atoms with van der Waals surface area (Å²) in [5.41, 5.74) is 0.713. The van der Waals surface area contributed by atoms with E-state index < -0.39 is 4.92 Å². The first-order chi connectivity index (χ1) is 9.47. The van der Waals surface area contributed by atoms with Gasteiger partial charge in [-0.25, -0.2) is 4.98 Å². The molecule has 6 heteroatoms. The van der Waals surface area contributed by atoms with Gasteiger partial charge >= 0.3 is 0 Å². The van der Waals surface area contributed by atoms with Gasteiger partial charge in [0.25, 0.3) is 5.69 Å². The first-order valence-corrected chi connectivity index (χ1v) is 7.06. The van der Waals surface area contributed by atoms with E-state index in [0.717, 1.165) is 25.5 Å². The second-order valence-corrected chi connectivity index (χ2v) is 5.74. The lowest BCUT2D eigenvalue weighted by molar-refractivity contribution is -0.385. The second-order valence-electron chi connectivity index (χ2n) is 5.74. The van der Waals surface area contributed by atoms with Crippen molar-refractivity contribution in [1.82, 2.24) is 9.88 Å². The number of nitrogens with one attached hydrogen (secondary N) is 1. The average Bonchev–Trinajstić information content (AvgIpc) is 2.85. The average molecular weight is 278 g/mol. The van der Waals surface area contributed by atoms with Crippen LogP contribution in [-0.4, -0.2) is 40.5 Å². The van der Waals surface area contributed by atoms with Crippen LogP contribution < -0.4 is 5.32 Å². The minimum atomic E-state index is -0.399. The van der Waals surface area contributed by atoms with Crippen molar-refractivity contribution in [3.8, 4) is 0 Å². The third-order valence-corrected chi connectivity index (χ3v) is 3.90. The van der Waals surface area contributed by atoms with E-state index in [4.69, 9.17) is 0 Å².